The zero-order chi connectivity index (χ0) is 12.3. The third-order valence-electron chi connectivity index (χ3n) is 2.48. The van der Waals surface area contributed by atoms with Crippen molar-refractivity contribution in [2.45, 2.75) is 13.3 Å². The van der Waals surface area contributed by atoms with Crippen LogP contribution >= 0.6 is 7.60 Å². The van der Waals surface area contributed by atoms with E-state index in [1.54, 1.807) is 12.1 Å². The SMILES string of the molecule is CCCP(=O)(O)Oc1ccc2ccccc2c1. The molecule has 0 saturated carbocycles. The first kappa shape index (κ1) is 12.2. The highest BCUT2D eigenvalue weighted by atomic mass is 31.2. The molecule has 0 spiro atoms. The highest BCUT2D eigenvalue weighted by Gasteiger charge is 2.19. The molecule has 0 heterocycles. The monoisotopic (exact) mass is 250 g/mol. The summed E-state index contributed by atoms with van der Waals surface area (Å²) in [6, 6.07) is 13.2. The average Bonchev–Trinajstić information content (AvgIpc) is 2.28. The maximum absolute atomic E-state index is 11.7. The third-order valence-corrected chi connectivity index (χ3v) is 3.98. The molecule has 4 heteroatoms. The fraction of sp³-hybridized carbons (Fsp3) is 0.231. The van der Waals surface area contributed by atoms with Gasteiger partial charge in [0.15, 0.2) is 0 Å². The van der Waals surface area contributed by atoms with Crippen LogP contribution in [0.25, 0.3) is 10.8 Å². The second kappa shape index (κ2) is 4.91. The van der Waals surface area contributed by atoms with E-state index in [9.17, 15) is 9.46 Å². The zero-order valence-electron chi connectivity index (χ0n) is 9.67. The van der Waals surface area contributed by atoms with Gasteiger partial charge in [0, 0.05) is 0 Å². The first-order chi connectivity index (χ1) is 8.11. The molecule has 0 aromatic heterocycles. The van der Waals surface area contributed by atoms with Crippen molar-refractivity contribution in [3.05, 3.63) is 42.5 Å². The van der Waals surface area contributed by atoms with Crippen molar-refractivity contribution in [3.8, 4) is 5.75 Å². The minimum Gasteiger partial charge on any atom is -0.424 e. The van der Waals surface area contributed by atoms with E-state index in [-0.39, 0.29) is 6.16 Å². The Labute approximate surface area is 101 Å². The maximum atomic E-state index is 11.7. The lowest BCUT2D eigenvalue weighted by atomic mass is 10.1. The summed E-state index contributed by atoms with van der Waals surface area (Å²) in [4.78, 5) is 9.57. The Balaban J connectivity index is 2.28. The molecule has 1 atom stereocenters. The standard InChI is InChI=1S/C13H15O3P/c1-2-9-17(14,15)16-13-8-7-11-5-3-4-6-12(11)10-13/h3-8,10H,2,9H2,1H3,(H,14,15). The molecule has 1 unspecified atom stereocenters. The molecule has 0 amide bonds. The Morgan fingerprint density at radius 3 is 2.59 bits per heavy atom. The van der Waals surface area contributed by atoms with Crippen LogP contribution in [0.4, 0.5) is 0 Å². The molecule has 0 saturated heterocycles. The van der Waals surface area contributed by atoms with Gasteiger partial charge in [0.2, 0.25) is 0 Å². The lowest BCUT2D eigenvalue weighted by molar-refractivity contribution is 0.379. The first-order valence-electron chi connectivity index (χ1n) is 5.61. The van der Waals surface area contributed by atoms with Gasteiger partial charge in [-0.2, -0.15) is 0 Å². The minimum atomic E-state index is -3.49. The van der Waals surface area contributed by atoms with Crippen LogP contribution in [-0.2, 0) is 4.57 Å². The molecule has 0 fully saturated rings. The second-order valence-electron chi connectivity index (χ2n) is 3.96. The molecule has 0 aliphatic heterocycles. The van der Waals surface area contributed by atoms with Crippen molar-refractivity contribution in [2.24, 2.45) is 0 Å². The number of benzene rings is 2. The number of hydrogen-bond acceptors (Lipinski definition) is 2. The van der Waals surface area contributed by atoms with Crippen LogP contribution in [0, 0.1) is 0 Å². The van der Waals surface area contributed by atoms with Crippen LogP contribution in [0.3, 0.4) is 0 Å². The van der Waals surface area contributed by atoms with Crippen LogP contribution in [0.1, 0.15) is 13.3 Å². The van der Waals surface area contributed by atoms with Gasteiger partial charge in [-0.1, -0.05) is 37.3 Å². The summed E-state index contributed by atoms with van der Waals surface area (Å²) in [5.41, 5.74) is 0. The van der Waals surface area contributed by atoms with E-state index in [2.05, 4.69) is 0 Å². The van der Waals surface area contributed by atoms with Gasteiger partial charge in [0.1, 0.15) is 5.75 Å². The summed E-state index contributed by atoms with van der Waals surface area (Å²) in [5, 5.41) is 2.09. The molecule has 2 rings (SSSR count). The van der Waals surface area contributed by atoms with Crippen molar-refractivity contribution in [3.63, 3.8) is 0 Å². The summed E-state index contributed by atoms with van der Waals surface area (Å²) in [6.07, 6.45) is 0.807. The van der Waals surface area contributed by atoms with Gasteiger partial charge in [-0.25, -0.2) is 4.57 Å². The van der Waals surface area contributed by atoms with Gasteiger partial charge in [-0.15, -0.1) is 0 Å². The van der Waals surface area contributed by atoms with Gasteiger partial charge in [0.25, 0.3) is 0 Å². The summed E-state index contributed by atoms with van der Waals surface area (Å²) in [6.45, 7) is 1.85. The maximum Gasteiger partial charge on any atom is 0.376 e. The van der Waals surface area contributed by atoms with E-state index in [4.69, 9.17) is 4.52 Å². The van der Waals surface area contributed by atoms with E-state index in [1.165, 1.54) is 0 Å². The van der Waals surface area contributed by atoms with Crippen LogP contribution in [0.5, 0.6) is 5.75 Å². The van der Waals surface area contributed by atoms with Crippen molar-refractivity contribution >= 4 is 18.4 Å². The smallest absolute Gasteiger partial charge is 0.376 e. The molecule has 0 radical (unpaired) electrons. The topological polar surface area (TPSA) is 46.5 Å². The molecule has 1 N–H and O–H groups in total. The van der Waals surface area contributed by atoms with E-state index in [0.717, 1.165) is 10.8 Å². The predicted molar refractivity (Wildman–Crippen MR) is 69.6 cm³/mol. The van der Waals surface area contributed by atoms with E-state index in [1.807, 2.05) is 37.3 Å². The van der Waals surface area contributed by atoms with Crippen molar-refractivity contribution in [1.29, 1.82) is 0 Å². The average molecular weight is 250 g/mol. The summed E-state index contributed by atoms with van der Waals surface area (Å²) in [5.74, 6) is 0.447. The van der Waals surface area contributed by atoms with Gasteiger partial charge < -0.3 is 9.42 Å². The van der Waals surface area contributed by atoms with Crippen molar-refractivity contribution in [1.82, 2.24) is 0 Å². The molecule has 2 aromatic rings. The van der Waals surface area contributed by atoms with E-state index < -0.39 is 7.60 Å². The van der Waals surface area contributed by atoms with Crippen LogP contribution < -0.4 is 4.52 Å². The molecule has 17 heavy (non-hydrogen) atoms. The van der Waals surface area contributed by atoms with Gasteiger partial charge in [-0.05, 0) is 29.3 Å². The number of fused-ring (bicyclic) bond motifs is 1. The largest absolute Gasteiger partial charge is 0.424 e. The summed E-state index contributed by atoms with van der Waals surface area (Å²) >= 11 is 0. The molecule has 0 aliphatic rings. The Morgan fingerprint density at radius 2 is 1.88 bits per heavy atom. The van der Waals surface area contributed by atoms with Crippen LogP contribution in [-0.4, -0.2) is 11.1 Å². The highest BCUT2D eigenvalue weighted by Crippen LogP contribution is 2.43. The second-order valence-corrected chi connectivity index (χ2v) is 5.87. The van der Waals surface area contributed by atoms with Crippen LogP contribution in [0.15, 0.2) is 42.5 Å². The lowest BCUT2D eigenvalue weighted by Gasteiger charge is -2.12. The quantitative estimate of drug-likeness (QED) is 0.839. The molecule has 2 aromatic carbocycles. The number of hydrogen-bond donors (Lipinski definition) is 1. The highest BCUT2D eigenvalue weighted by molar-refractivity contribution is 7.53. The molecular formula is C13H15O3P. The van der Waals surface area contributed by atoms with Gasteiger partial charge in [-0.3, -0.25) is 0 Å². The normalized spacial score (nSPS) is 14.5. The van der Waals surface area contributed by atoms with E-state index >= 15 is 0 Å². The summed E-state index contributed by atoms with van der Waals surface area (Å²) < 4.78 is 16.8. The minimum absolute atomic E-state index is 0.180. The summed E-state index contributed by atoms with van der Waals surface area (Å²) in [7, 11) is -3.49. The molecule has 0 bridgehead atoms. The lowest BCUT2D eigenvalue weighted by Crippen LogP contribution is -1.96. The molecule has 90 valence electrons. The van der Waals surface area contributed by atoms with Gasteiger partial charge >= 0.3 is 7.60 Å². The third kappa shape index (κ3) is 3.09. The Hall–Kier alpha value is -1.31. The zero-order valence-corrected chi connectivity index (χ0v) is 10.6. The Bertz CT molecular complexity index is 565. The molecular weight excluding hydrogens is 235 g/mol. The van der Waals surface area contributed by atoms with E-state index in [0.29, 0.717) is 12.2 Å². The van der Waals surface area contributed by atoms with Gasteiger partial charge in [0.05, 0.1) is 6.16 Å². The van der Waals surface area contributed by atoms with Crippen LogP contribution in [0.2, 0.25) is 0 Å². The number of rotatable bonds is 4. The molecule has 0 aliphatic carbocycles. The predicted octanol–water partition coefficient (Wildman–Crippen LogP) is 3.81. The Kier molecular flexibility index (Phi) is 3.51. The fourth-order valence-corrected chi connectivity index (χ4v) is 2.82. The van der Waals surface area contributed by atoms with Crippen molar-refractivity contribution < 1.29 is 14.0 Å². The Morgan fingerprint density at radius 1 is 1.18 bits per heavy atom. The fourth-order valence-electron chi connectivity index (χ4n) is 1.72. The van der Waals surface area contributed by atoms with Crippen molar-refractivity contribution in [2.75, 3.05) is 6.16 Å². The molecule has 3 nitrogen and oxygen atoms in total. The first-order valence-corrected chi connectivity index (χ1v) is 7.37.